The Kier molecular flexibility index (Phi) is 4.11. The van der Waals surface area contributed by atoms with Crippen molar-refractivity contribution in [2.45, 2.75) is 33.7 Å². The highest BCUT2D eigenvalue weighted by Gasteiger charge is 2.21. The SMILES string of the molecule is Cc1oc(C)c(C(=O)NC(C)c2cc(F)ccc2F)c1C. The van der Waals surface area contributed by atoms with Crippen LogP contribution in [-0.4, -0.2) is 5.91 Å². The molecule has 1 N–H and O–H groups in total. The van der Waals surface area contributed by atoms with Crippen LogP contribution in [0.5, 0.6) is 0 Å². The van der Waals surface area contributed by atoms with Crippen LogP contribution < -0.4 is 5.32 Å². The van der Waals surface area contributed by atoms with E-state index in [1.54, 1.807) is 27.7 Å². The molecule has 1 heterocycles. The summed E-state index contributed by atoms with van der Waals surface area (Å²) in [4.78, 5) is 12.3. The van der Waals surface area contributed by atoms with Gasteiger partial charge in [-0.3, -0.25) is 4.79 Å². The van der Waals surface area contributed by atoms with Crippen LogP contribution in [0.25, 0.3) is 0 Å². The summed E-state index contributed by atoms with van der Waals surface area (Å²) >= 11 is 0. The Labute approximate surface area is 122 Å². The summed E-state index contributed by atoms with van der Waals surface area (Å²) in [6.07, 6.45) is 0. The summed E-state index contributed by atoms with van der Waals surface area (Å²) in [5.41, 5.74) is 1.30. The fourth-order valence-electron chi connectivity index (χ4n) is 2.32. The Morgan fingerprint density at radius 3 is 2.43 bits per heavy atom. The maximum Gasteiger partial charge on any atom is 0.255 e. The first-order valence-corrected chi connectivity index (χ1v) is 6.63. The average Bonchev–Trinajstić information content (AvgIpc) is 2.66. The molecule has 0 aliphatic heterocycles. The molecule has 0 fully saturated rings. The molecule has 112 valence electrons. The molecule has 21 heavy (non-hydrogen) atoms. The van der Waals surface area contributed by atoms with Gasteiger partial charge in [0, 0.05) is 11.1 Å². The van der Waals surface area contributed by atoms with Crippen LogP contribution in [0.3, 0.4) is 0 Å². The number of nitrogens with one attached hydrogen (secondary N) is 1. The Balaban J connectivity index is 2.25. The van der Waals surface area contributed by atoms with Crippen LogP contribution >= 0.6 is 0 Å². The molecular formula is C16H17F2NO2. The van der Waals surface area contributed by atoms with Crippen molar-refractivity contribution >= 4 is 5.91 Å². The number of carbonyl (C=O) groups is 1. The third-order valence-corrected chi connectivity index (χ3v) is 3.56. The van der Waals surface area contributed by atoms with Gasteiger partial charge in [0.2, 0.25) is 0 Å². The molecule has 0 spiro atoms. The van der Waals surface area contributed by atoms with Gasteiger partial charge in [0.15, 0.2) is 0 Å². The largest absolute Gasteiger partial charge is 0.466 e. The Hall–Kier alpha value is -2.17. The fourth-order valence-corrected chi connectivity index (χ4v) is 2.32. The summed E-state index contributed by atoms with van der Waals surface area (Å²) in [6, 6.07) is 2.52. The molecule has 0 saturated heterocycles. The van der Waals surface area contributed by atoms with Crippen LogP contribution in [0, 0.1) is 32.4 Å². The van der Waals surface area contributed by atoms with E-state index in [9.17, 15) is 13.6 Å². The highest BCUT2D eigenvalue weighted by atomic mass is 19.1. The monoisotopic (exact) mass is 293 g/mol. The van der Waals surface area contributed by atoms with E-state index in [0.29, 0.717) is 17.1 Å². The smallest absolute Gasteiger partial charge is 0.255 e. The molecule has 1 amide bonds. The van der Waals surface area contributed by atoms with Gasteiger partial charge in [-0.2, -0.15) is 0 Å². The predicted molar refractivity (Wildman–Crippen MR) is 75.2 cm³/mol. The lowest BCUT2D eigenvalue weighted by Gasteiger charge is -2.15. The van der Waals surface area contributed by atoms with Gasteiger partial charge in [0.25, 0.3) is 5.91 Å². The maximum absolute atomic E-state index is 13.7. The van der Waals surface area contributed by atoms with E-state index >= 15 is 0 Å². The first kappa shape index (κ1) is 15.2. The topological polar surface area (TPSA) is 42.2 Å². The third-order valence-electron chi connectivity index (χ3n) is 3.56. The summed E-state index contributed by atoms with van der Waals surface area (Å²) < 4.78 is 32.3. The van der Waals surface area contributed by atoms with E-state index in [1.807, 2.05) is 0 Å². The number of hydrogen-bond acceptors (Lipinski definition) is 2. The quantitative estimate of drug-likeness (QED) is 0.930. The first-order chi connectivity index (χ1) is 9.81. The van der Waals surface area contributed by atoms with Crippen LogP contribution in [0.2, 0.25) is 0 Å². The van der Waals surface area contributed by atoms with Crippen molar-refractivity contribution in [3.63, 3.8) is 0 Å². The molecule has 2 rings (SSSR count). The van der Waals surface area contributed by atoms with E-state index in [0.717, 1.165) is 23.8 Å². The van der Waals surface area contributed by atoms with E-state index < -0.39 is 17.7 Å². The molecule has 0 aliphatic carbocycles. The molecule has 1 aromatic carbocycles. The number of furan rings is 1. The second-order valence-corrected chi connectivity index (χ2v) is 5.08. The predicted octanol–water partition coefficient (Wildman–Crippen LogP) is 3.97. The van der Waals surface area contributed by atoms with Crippen molar-refractivity contribution in [2.24, 2.45) is 0 Å². The van der Waals surface area contributed by atoms with Gasteiger partial charge in [0.1, 0.15) is 23.2 Å². The van der Waals surface area contributed by atoms with Crippen LogP contribution in [0.4, 0.5) is 8.78 Å². The number of hydrogen-bond donors (Lipinski definition) is 1. The number of amides is 1. The molecule has 1 unspecified atom stereocenters. The highest BCUT2D eigenvalue weighted by molar-refractivity contribution is 5.97. The van der Waals surface area contributed by atoms with Crippen molar-refractivity contribution in [3.05, 3.63) is 58.0 Å². The molecule has 0 radical (unpaired) electrons. The number of carbonyl (C=O) groups excluding carboxylic acids is 1. The van der Waals surface area contributed by atoms with E-state index in [2.05, 4.69) is 5.32 Å². The van der Waals surface area contributed by atoms with Crippen molar-refractivity contribution in [3.8, 4) is 0 Å². The van der Waals surface area contributed by atoms with Gasteiger partial charge in [-0.25, -0.2) is 8.78 Å². The van der Waals surface area contributed by atoms with E-state index in [1.165, 1.54) is 0 Å². The van der Waals surface area contributed by atoms with Gasteiger partial charge in [-0.15, -0.1) is 0 Å². The molecule has 1 aromatic heterocycles. The fraction of sp³-hybridized carbons (Fsp3) is 0.312. The number of halogens is 2. The zero-order valence-corrected chi connectivity index (χ0v) is 12.4. The molecule has 3 nitrogen and oxygen atoms in total. The van der Waals surface area contributed by atoms with Gasteiger partial charge in [0.05, 0.1) is 11.6 Å². The van der Waals surface area contributed by atoms with Crippen molar-refractivity contribution < 1.29 is 18.0 Å². The van der Waals surface area contributed by atoms with Crippen molar-refractivity contribution in [1.82, 2.24) is 5.32 Å². The standard InChI is InChI=1S/C16H17F2NO2/c1-8-10(3)21-11(4)15(8)16(20)19-9(2)13-7-12(17)5-6-14(13)18/h5-7,9H,1-4H3,(H,19,20). The number of rotatable bonds is 3. The van der Waals surface area contributed by atoms with Crippen molar-refractivity contribution in [2.75, 3.05) is 0 Å². The number of benzene rings is 1. The molecule has 0 saturated carbocycles. The zero-order valence-electron chi connectivity index (χ0n) is 12.4. The minimum atomic E-state index is -0.651. The van der Waals surface area contributed by atoms with E-state index in [4.69, 9.17) is 4.42 Å². The zero-order chi connectivity index (χ0) is 15.7. The lowest BCUT2D eigenvalue weighted by atomic mass is 10.1. The van der Waals surface area contributed by atoms with Gasteiger partial charge >= 0.3 is 0 Å². The minimum absolute atomic E-state index is 0.110. The minimum Gasteiger partial charge on any atom is -0.466 e. The molecule has 2 aromatic rings. The Morgan fingerprint density at radius 2 is 1.86 bits per heavy atom. The maximum atomic E-state index is 13.7. The van der Waals surface area contributed by atoms with Gasteiger partial charge in [-0.05, 0) is 45.9 Å². The second kappa shape index (κ2) is 5.68. The summed E-state index contributed by atoms with van der Waals surface area (Å²) in [7, 11) is 0. The molecule has 0 bridgehead atoms. The Morgan fingerprint density at radius 1 is 1.19 bits per heavy atom. The molecule has 5 heteroatoms. The lowest BCUT2D eigenvalue weighted by Crippen LogP contribution is -2.28. The van der Waals surface area contributed by atoms with Crippen LogP contribution in [0.1, 0.15) is 46.0 Å². The highest BCUT2D eigenvalue weighted by Crippen LogP contribution is 2.23. The van der Waals surface area contributed by atoms with Gasteiger partial charge < -0.3 is 9.73 Å². The van der Waals surface area contributed by atoms with Crippen LogP contribution in [0.15, 0.2) is 22.6 Å². The van der Waals surface area contributed by atoms with Gasteiger partial charge in [-0.1, -0.05) is 0 Å². The number of aryl methyl sites for hydroxylation is 2. The molecule has 0 aliphatic rings. The summed E-state index contributed by atoms with van der Waals surface area (Å²) in [5.74, 6) is -0.283. The third kappa shape index (κ3) is 2.96. The normalized spacial score (nSPS) is 12.3. The lowest BCUT2D eigenvalue weighted by molar-refractivity contribution is 0.0937. The average molecular weight is 293 g/mol. The van der Waals surface area contributed by atoms with Crippen molar-refractivity contribution in [1.29, 1.82) is 0 Å². The van der Waals surface area contributed by atoms with E-state index in [-0.39, 0.29) is 11.5 Å². The molecule has 1 atom stereocenters. The molecular weight excluding hydrogens is 276 g/mol. The summed E-state index contributed by atoms with van der Waals surface area (Å²) in [6.45, 7) is 6.86. The first-order valence-electron chi connectivity index (χ1n) is 6.63. The van der Waals surface area contributed by atoms with Crippen LogP contribution in [-0.2, 0) is 0 Å². The Bertz CT molecular complexity index is 692. The second-order valence-electron chi connectivity index (χ2n) is 5.08. The summed E-state index contributed by atoms with van der Waals surface area (Å²) in [5, 5.41) is 2.67.